The van der Waals surface area contributed by atoms with Gasteiger partial charge in [0.15, 0.2) is 5.82 Å². The van der Waals surface area contributed by atoms with Crippen LogP contribution in [-0.4, -0.2) is 65.6 Å². The molecule has 196 valence electrons. The van der Waals surface area contributed by atoms with E-state index in [1.54, 1.807) is 10.9 Å². The lowest BCUT2D eigenvalue weighted by Gasteiger charge is -2.41. The van der Waals surface area contributed by atoms with Crippen LogP contribution in [0.15, 0.2) is 10.7 Å². The van der Waals surface area contributed by atoms with Crippen LogP contribution >= 0.6 is 0 Å². The molecule has 11 nitrogen and oxygen atoms in total. The van der Waals surface area contributed by atoms with Gasteiger partial charge < -0.3 is 19.8 Å². The summed E-state index contributed by atoms with van der Waals surface area (Å²) in [5, 5.41) is 25.5. The maximum absolute atomic E-state index is 13.9. The second-order valence-electron chi connectivity index (χ2n) is 11.2. The van der Waals surface area contributed by atoms with Gasteiger partial charge in [0.05, 0.1) is 11.8 Å². The zero-order valence-electron chi connectivity index (χ0n) is 20.5. The maximum Gasteiger partial charge on any atom is 0.315 e. The number of carbonyl (C=O) groups is 2. The number of likely N-dealkylation sites (tertiary alicyclic amines) is 1. The highest BCUT2D eigenvalue weighted by molar-refractivity contribution is 5.90. The van der Waals surface area contributed by atoms with Gasteiger partial charge in [-0.05, 0) is 37.5 Å². The Labute approximate surface area is 206 Å². The molecule has 0 aromatic carbocycles. The first kappa shape index (κ1) is 24.7. The highest BCUT2D eigenvalue weighted by atomic mass is 19.3. The summed E-state index contributed by atoms with van der Waals surface area (Å²) in [7, 11) is 0. The zero-order chi connectivity index (χ0) is 25.8. The van der Waals surface area contributed by atoms with Gasteiger partial charge in [-0.15, -0.1) is 5.10 Å². The van der Waals surface area contributed by atoms with Gasteiger partial charge in [0, 0.05) is 25.1 Å². The van der Waals surface area contributed by atoms with Crippen molar-refractivity contribution in [2.75, 3.05) is 6.54 Å². The molecule has 3 atom stereocenters. The number of aliphatic hydroxyl groups is 1. The Morgan fingerprint density at radius 3 is 2.56 bits per heavy atom. The third-order valence-corrected chi connectivity index (χ3v) is 7.33. The summed E-state index contributed by atoms with van der Waals surface area (Å²) >= 11 is 0. The summed E-state index contributed by atoms with van der Waals surface area (Å²) in [5.41, 5.74) is -0.737. The first-order valence-electron chi connectivity index (χ1n) is 12.3. The molecule has 2 aromatic heterocycles. The number of hydrogen-bond acceptors (Lipinski definition) is 8. The molecule has 2 aliphatic carbocycles. The van der Waals surface area contributed by atoms with Gasteiger partial charge in [0.25, 0.3) is 5.89 Å². The van der Waals surface area contributed by atoms with Gasteiger partial charge in [-0.1, -0.05) is 31.1 Å². The number of alkyl halides is 2. The molecular formula is C23H31F2N7O4. The smallest absolute Gasteiger partial charge is 0.315 e. The average molecular weight is 508 g/mol. The zero-order valence-corrected chi connectivity index (χ0v) is 20.5. The standard InChI is InChI=1S/C23H31F2N7O4/c1-22(2,3)16(32-11-14(28-30-32)12-5-6-12)20(35)31-10-13(33)9-15(31)18(34)27-23(7-4-8-23)21-26-19(17(24)25)36-29-21/h11-13,15-17,33H,4-10H2,1-3H3,(H,27,34)/t13?,15?,16-/m1/s1. The number of β-amino-alcohol motifs (C(OH)–C–C–N with tert-alkyl or cyclic N) is 1. The second kappa shape index (κ2) is 8.86. The fourth-order valence-electron chi connectivity index (χ4n) is 5.10. The fourth-order valence-corrected chi connectivity index (χ4v) is 5.10. The van der Waals surface area contributed by atoms with Crippen LogP contribution in [0.25, 0.3) is 0 Å². The number of hydrogen-bond donors (Lipinski definition) is 2. The fraction of sp³-hybridized carbons (Fsp3) is 0.739. The Morgan fingerprint density at radius 2 is 2.00 bits per heavy atom. The monoisotopic (exact) mass is 507 g/mol. The molecular weight excluding hydrogens is 476 g/mol. The van der Waals surface area contributed by atoms with E-state index in [2.05, 4.69) is 30.3 Å². The quantitative estimate of drug-likeness (QED) is 0.582. The minimum absolute atomic E-state index is 0.00157. The van der Waals surface area contributed by atoms with Crippen molar-refractivity contribution >= 4 is 11.8 Å². The molecule has 0 bridgehead atoms. The van der Waals surface area contributed by atoms with Crippen LogP contribution < -0.4 is 5.32 Å². The lowest BCUT2D eigenvalue weighted by Crippen LogP contribution is -2.57. The number of carbonyl (C=O) groups excluding carboxylic acids is 2. The SMILES string of the molecule is CC(C)(C)[C@@H](C(=O)N1CC(O)CC1C(=O)NC1(c2noc(C(F)F)n2)CCC1)n1cc(C2CC2)nn1. The number of nitrogens with one attached hydrogen (secondary N) is 1. The Balaban J connectivity index is 1.37. The second-order valence-corrected chi connectivity index (χ2v) is 11.2. The van der Waals surface area contributed by atoms with E-state index in [0.29, 0.717) is 18.8 Å². The van der Waals surface area contributed by atoms with Gasteiger partial charge in [-0.25, -0.2) is 4.68 Å². The molecule has 2 N–H and O–H groups in total. The molecule has 2 unspecified atom stereocenters. The van der Waals surface area contributed by atoms with Gasteiger partial charge in [-0.2, -0.15) is 13.8 Å². The lowest BCUT2D eigenvalue weighted by molar-refractivity contribution is -0.145. The van der Waals surface area contributed by atoms with Crippen molar-refractivity contribution in [1.82, 2.24) is 35.4 Å². The summed E-state index contributed by atoms with van der Waals surface area (Å²) in [6, 6.07) is -1.68. The number of nitrogens with zero attached hydrogens (tertiary/aromatic N) is 6. The first-order valence-corrected chi connectivity index (χ1v) is 12.3. The van der Waals surface area contributed by atoms with Crippen molar-refractivity contribution in [3.8, 4) is 0 Å². The number of amides is 2. The van der Waals surface area contributed by atoms with E-state index in [0.717, 1.165) is 25.0 Å². The van der Waals surface area contributed by atoms with E-state index < -0.39 is 47.4 Å². The van der Waals surface area contributed by atoms with Gasteiger partial charge in [-0.3, -0.25) is 9.59 Å². The predicted octanol–water partition coefficient (Wildman–Crippen LogP) is 2.22. The molecule has 1 saturated heterocycles. The summed E-state index contributed by atoms with van der Waals surface area (Å²) in [6.07, 6.45) is 1.82. The Hall–Kier alpha value is -2.96. The Morgan fingerprint density at radius 1 is 1.28 bits per heavy atom. The van der Waals surface area contributed by atoms with Gasteiger partial charge in [0.2, 0.25) is 11.8 Å². The van der Waals surface area contributed by atoms with Crippen molar-refractivity contribution < 1.29 is 28.0 Å². The highest BCUT2D eigenvalue weighted by Gasteiger charge is 2.50. The Kier molecular flexibility index (Phi) is 6.08. The van der Waals surface area contributed by atoms with E-state index in [1.807, 2.05) is 20.8 Å². The molecule has 2 aromatic rings. The maximum atomic E-state index is 13.9. The molecule has 3 aliphatic rings. The van der Waals surface area contributed by atoms with Gasteiger partial charge >= 0.3 is 6.43 Å². The number of aromatic nitrogens is 5. The predicted molar refractivity (Wildman–Crippen MR) is 120 cm³/mol. The molecule has 5 rings (SSSR count). The normalized spacial score (nSPS) is 24.6. The highest BCUT2D eigenvalue weighted by Crippen LogP contribution is 2.42. The lowest BCUT2D eigenvalue weighted by atomic mass is 9.75. The average Bonchev–Trinajstić information content (AvgIpc) is 3.16. The largest absolute Gasteiger partial charge is 0.391 e. The minimum atomic E-state index is -2.91. The van der Waals surface area contributed by atoms with Crippen molar-refractivity contribution in [2.24, 2.45) is 5.41 Å². The summed E-state index contributed by atoms with van der Waals surface area (Å²) in [5.74, 6) is -1.26. The molecule has 0 spiro atoms. The topological polar surface area (TPSA) is 139 Å². The van der Waals surface area contributed by atoms with Crippen LogP contribution in [0, 0.1) is 5.41 Å². The van der Waals surface area contributed by atoms with E-state index in [4.69, 9.17) is 0 Å². The third-order valence-electron chi connectivity index (χ3n) is 7.33. The van der Waals surface area contributed by atoms with Crippen molar-refractivity contribution in [3.05, 3.63) is 23.6 Å². The van der Waals surface area contributed by atoms with Crippen LogP contribution in [0.3, 0.4) is 0 Å². The number of rotatable bonds is 7. The molecule has 3 fully saturated rings. The molecule has 36 heavy (non-hydrogen) atoms. The van der Waals surface area contributed by atoms with Crippen LogP contribution in [0.5, 0.6) is 0 Å². The molecule has 0 radical (unpaired) electrons. The van der Waals surface area contributed by atoms with Crippen LogP contribution in [0.4, 0.5) is 8.78 Å². The molecule has 2 amide bonds. The molecule has 3 heterocycles. The minimum Gasteiger partial charge on any atom is -0.391 e. The summed E-state index contributed by atoms with van der Waals surface area (Å²) in [4.78, 5) is 32.5. The van der Waals surface area contributed by atoms with E-state index >= 15 is 0 Å². The van der Waals surface area contributed by atoms with Crippen LogP contribution in [0.2, 0.25) is 0 Å². The Bertz CT molecular complexity index is 1140. The van der Waals surface area contributed by atoms with Crippen LogP contribution in [0.1, 0.15) is 95.1 Å². The molecule has 2 saturated carbocycles. The van der Waals surface area contributed by atoms with Crippen molar-refractivity contribution in [1.29, 1.82) is 0 Å². The van der Waals surface area contributed by atoms with E-state index in [1.165, 1.54) is 4.90 Å². The van der Waals surface area contributed by atoms with Crippen molar-refractivity contribution in [2.45, 2.75) is 95.4 Å². The first-order chi connectivity index (χ1) is 17.0. The van der Waals surface area contributed by atoms with E-state index in [-0.39, 0.29) is 24.7 Å². The number of halogens is 2. The van der Waals surface area contributed by atoms with E-state index in [9.17, 15) is 23.5 Å². The molecule has 13 heteroatoms. The van der Waals surface area contributed by atoms with Crippen LogP contribution in [-0.2, 0) is 15.1 Å². The summed E-state index contributed by atoms with van der Waals surface area (Å²) < 4.78 is 32.2. The molecule has 1 aliphatic heterocycles. The number of aliphatic hydroxyl groups excluding tert-OH is 1. The van der Waals surface area contributed by atoms with Gasteiger partial charge in [0.1, 0.15) is 17.6 Å². The summed E-state index contributed by atoms with van der Waals surface area (Å²) in [6.45, 7) is 5.74. The van der Waals surface area contributed by atoms with Crippen molar-refractivity contribution in [3.63, 3.8) is 0 Å². The third kappa shape index (κ3) is 4.48.